The van der Waals surface area contributed by atoms with E-state index in [4.69, 9.17) is 4.42 Å². The van der Waals surface area contributed by atoms with Crippen LogP contribution < -0.4 is 5.32 Å². The maximum atomic E-state index is 5.37. The van der Waals surface area contributed by atoms with Crippen molar-refractivity contribution in [2.75, 3.05) is 0 Å². The summed E-state index contributed by atoms with van der Waals surface area (Å²) in [6.07, 6.45) is 0. The van der Waals surface area contributed by atoms with Crippen LogP contribution in [0.3, 0.4) is 0 Å². The second kappa shape index (κ2) is 4.44. The van der Waals surface area contributed by atoms with E-state index < -0.39 is 0 Å². The van der Waals surface area contributed by atoms with Crippen LogP contribution in [0.1, 0.15) is 19.6 Å². The van der Waals surface area contributed by atoms with Gasteiger partial charge in [0.05, 0.1) is 11.0 Å². The van der Waals surface area contributed by atoms with Crippen LogP contribution in [0.5, 0.6) is 0 Å². The Bertz CT molecular complexity index is 238. The predicted molar refractivity (Wildman–Crippen MR) is 56.1 cm³/mol. The third kappa shape index (κ3) is 2.92. The van der Waals surface area contributed by atoms with Crippen molar-refractivity contribution in [3.05, 3.63) is 21.0 Å². The topological polar surface area (TPSA) is 25.2 Å². The molecule has 1 N–H and O–H groups in total. The Labute approximate surface area is 89.0 Å². The molecule has 1 heterocycles. The molecule has 0 unspecified atom stereocenters. The number of hydrogen-bond acceptors (Lipinski definition) is 2. The molecule has 68 valence electrons. The lowest BCUT2D eigenvalue weighted by Gasteiger charge is -2.04. The maximum Gasteiger partial charge on any atom is 0.183 e. The Morgan fingerprint density at radius 2 is 2.17 bits per heavy atom. The van der Waals surface area contributed by atoms with E-state index in [9.17, 15) is 0 Å². The van der Waals surface area contributed by atoms with Gasteiger partial charge < -0.3 is 9.73 Å². The molecular formula is C8H11Br2NO. The number of nitrogens with one attached hydrogen (secondary N) is 1. The lowest BCUT2D eigenvalue weighted by molar-refractivity contribution is 0.450. The molecule has 0 bridgehead atoms. The zero-order valence-electron chi connectivity index (χ0n) is 7.03. The molecule has 2 nitrogen and oxygen atoms in total. The summed E-state index contributed by atoms with van der Waals surface area (Å²) in [6, 6.07) is 2.44. The minimum absolute atomic E-state index is 0.479. The molecular weight excluding hydrogens is 286 g/mol. The number of furan rings is 1. The number of halogens is 2. The van der Waals surface area contributed by atoms with Gasteiger partial charge in [0, 0.05) is 6.04 Å². The highest BCUT2D eigenvalue weighted by Crippen LogP contribution is 2.26. The highest BCUT2D eigenvalue weighted by molar-refractivity contribution is 9.13. The van der Waals surface area contributed by atoms with Gasteiger partial charge >= 0.3 is 0 Å². The first-order chi connectivity index (χ1) is 5.59. The lowest BCUT2D eigenvalue weighted by Crippen LogP contribution is -2.21. The van der Waals surface area contributed by atoms with Gasteiger partial charge in [-0.15, -0.1) is 0 Å². The Kier molecular flexibility index (Phi) is 3.80. The summed E-state index contributed by atoms with van der Waals surface area (Å²) in [7, 11) is 0. The predicted octanol–water partition coefficient (Wildman–Crippen LogP) is 3.30. The molecule has 0 aromatic carbocycles. The van der Waals surface area contributed by atoms with Crippen molar-refractivity contribution in [3.63, 3.8) is 0 Å². The minimum atomic E-state index is 0.479. The van der Waals surface area contributed by atoms with Crippen LogP contribution in [0.15, 0.2) is 19.6 Å². The largest absolute Gasteiger partial charge is 0.452 e. The molecule has 0 aliphatic carbocycles. The minimum Gasteiger partial charge on any atom is -0.452 e. The summed E-state index contributed by atoms with van der Waals surface area (Å²) >= 11 is 6.64. The highest BCUT2D eigenvalue weighted by Gasteiger charge is 2.05. The molecule has 1 aromatic heterocycles. The first kappa shape index (κ1) is 10.3. The van der Waals surface area contributed by atoms with Gasteiger partial charge in [0.2, 0.25) is 0 Å². The van der Waals surface area contributed by atoms with Gasteiger partial charge in [0.1, 0.15) is 5.76 Å². The van der Waals surface area contributed by atoms with Crippen molar-refractivity contribution in [3.8, 4) is 0 Å². The smallest absolute Gasteiger partial charge is 0.183 e. The fraction of sp³-hybridized carbons (Fsp3) is 0.500. The van der Waals surface area contributed by atoms with E-state index >= 15 is 0 Å². The Balaban J connectivity index is 2.53. The summed E-state index contributed by atoms with van der Waals surface area (Å²) < 4.78 is 7.09. The van der Waals surface area contributed by atoms with Crippen molar-refractivity contribution < 1.29 is 4.42 Å². The van der Waals surface area contributed by atoms with Crippen molar-refractivity contribution in [1.29, 1.82) is 0 Å². The third-order valence-electron chi connectivity index (χ3n) is 1.38. The van der Waals surface area contributed by atoms with E-state index in [0.29, 0.717) is 6.04 Å². The van der Waals surface area contributed by atoms with Crippen molar-refractivity contribution in [1.82, 2.24) is 5.32 Å². The first-order valence-electron chi connectivity index (χ1n) is 3.76. The van der Waals surface area contributed by atoms with Crippen LogP contribution in [0.2, 0.25) is 0 Å². The molecule has 0 aliphatic heterocycles. The van der Waals surface area contributed by atoms with Crippen LogP contribution in [0.25, 0.3) is 0 Å². The molecule has 0 atom stereocenters. The van der Waals surface area contributed by atoms with Gasteiger partial charge in [-0.3, -0.25) is 0 Å². The molecule has 0 saturated carbocycles. The highest BCUT2D eigenvalue weighted by atomic mass is 79.9. The Morgan fingerprint density at radius 3 is 2.58 bits per heavy atom. The van der Waals surface area contributed by atoms with Crippen LogP contribution >= 0.6 is 31.9 Å². The summed E-state index contributed by atoms with van der Waals surface area (Å²) in [5.41, 5.74) is 0. The first-order valence-corrected chi connectivity index (χ1v) is 5.35. The quantitative estimate of drug-likeness (QED) is 0.926. The number of hydrogen-bond donors (Lipinski definition) is 1. The van der Waals surface area contributed by atoms with E-state index in [2.05, 4.69) is 51.0 Å². The van der Waals surface area contributed by atoms with Gasteiger partial charge in [0.25, 0.3) is 0 Å². The zero-order valence-corrected chi connectivity index (χ0v) is 10.2. The van der Waals surface area contributed by atoms with Crippen LogP contribution in [-0.2, 0) is 6.54 Å². The molecule has 0 amide bonds. The maximum absolute atomic E-state index is 5.37. The molecule has 1 aromatic rings. The fourth-order valence-electron chi connectivity index (χ4n) is 0.783. The van der Waals surface area contributed by atoms with E-state index in [1.807, 2.05) is 6.07 Å². The average Bonchev–Trinajstić information content (AvgIpc) is 2.28. The molecule has 0 fully saturated rings. The second-order valence-corrected chi connectivity index (χ2v) is 4.44. The van der Waals surface area contributed by atoms with Crippen LogP contribution in [-0.4, -0.2) is 6.04 Å². The van der Waals surface area contributed by atoms with E-state index in [-0.39, 0.29) is 0 Å². The molecule has 0 saturated heterocycles. The van der Waals surface area contributed by atoms with Crippen LogP contribution in [0.4, 0.5) is 0 Å². The van der Waals surface area contributed by atoms with Gasteiger partial charge in [-0.25, -0.2) is 0 Å². The van der Waals surface area contributed by atoms with Gasteiger partial charge in [0.15, 0.2) is 4.67 Å². The van der Waals surface area contributed by atoms with Crippen molar-refractivity contribution in [2.24, 2.45) is 0 Å². The van der Waals surface area contributed by atoms with Gasteiger partial charge in [-0.2, -0.15) is 0 Å². The normalized spacial score (nSPS) is 11.1. The summed E-state index contributed by atoms with van der Waals surface area (Å²) in [5.74, 6) is 0.933. The SMILES string of the molecule is CC(C)NCc1cc(Br)c(Br)o1. The fourth-order valence-corrected chi connectivity index (χ4v) is 1.44. The van der Waals surface area contributed by atoms with E-state index in [1.165, 1.54) is 0 Å². The lowest BCUT2D eigenvalue weighted by atomic mass is 10.3. The summed E-state index contributed by atoms with van der Waals surface area (Å²) in [4.78, 5) is 0. The Morgan fingerprint density at radius 1 is 1.50 bits per heavy atom. The summed E-state index contributed by atoms with van der Waals surface area (Å²) in [6.45, 7) is 4.97. The van der Waals surface area contributed by atoms with Gasteiger partial charge in [-0.1, -0.05) is 13.8 Å². The monoisotopic (exact) mass is 295 g/mol. The molecule has 1 rings (SSSR count). The summed E-state index contributed by atoms with van der Waals surface area (Å²) in [5, 5.41) is 3.27. The number of rotatable bonds is 3. The third-order valence-corrected chi connectivity index (χ3v) is 3.09. The average molecular weight is 297 g/mol. The van der Waals surface area contributed by atoms with Crippen molar-refractivity contribution >= 4 is 31.9 Å². The van der Waals surface area contributed by atoms with E-state index in [1.54, 1.807) is 0 Å². The van der Waals surface area contributed by atoms with Gasteiger partial charge in [-0.05, 0) is 37.9 Å². The van der Waals surface area contributed by atoms with Crippen molar-refractivity contribution in [2.45, 2.75) is 26.4 Å². The van der Waals surface area contributed by atoms with Crippen LogP contribution in [0, 0.1) is 0 Å². The molecule has 12 heavy (non-hydrogen) atoms. The Hall–Kier alpha value is 0.200. The molecule has 0 radical (unpaired) electrons. The molecule has 0 aliphatic rings. The van der Waals surface area contributed by atoms with E-state index in [0.717, 1.165) is 21.4 Å². The zero-order chi connectivity index (χ0) is 9.14. The molecule has 4 heteroatoms. The second-order valence-electron chi connectivity index (χ2n) is 2.87. The standard InChI is InChI=1S/C8H11Br2NO/c1-5(2)11-4-6-3-7(9)8(10)12-6/h3,5,11H,4H2,1-2H3. The molecule has 0 spiro atoms.